The lowest BCUT2D eigenvalue weighted by Crippen LogP contribution is -2.58. The standard InChI is InChI=1S/C6H11N3O/c1-6(7-2)3-4-8-5(10)9-6/h3-4,7H,1-2H3,(H2,8,9,10). The Kier molecular flexibility index (Phi) is 1.63. The predicted octanol–water partition coefficient (Wildman–Crippen LogP) is -0.251. The Bertz CT molecular complexity index is 178. The minimum Gasteiger partial charge on any atom is -0.316 e. The first-order chi connectivity index (χ1) is 4.66. The number of urea groups is 1. The van der Waals surface area contributed by atoms with Crippen molar-refractivity contribution in [2.75, 3.05) is 7.05 Å². The summed E-state index contributed by atoms with van der Waals surface area (Å²) in [6.45, 7) is 1.88. The van der Waals surface area contributed by atoms with Gasteiger partial charge < -0.3 is 10.6 Å². The molecule has 1 aliphatic heterocycles. The van der Waals surface area contributed by atoms with Crippen LogP contribution in [0.5, 0.6) is 0 Å². The second-order valence-electron chi connectivity index (χ2n) is 2.38. The van der Waals surface area contributed by atoms with Crippen LogP contribution < -0.4 is 16.0 Å². The molecule has 0 radical (unpaired) electrons. The fraction of sp³-hybridized carbons (Fsp3) is 0.500. The summed E-state index contributed by atoms with van der Waals surface area (Å²) in [6, 6.07) is -0.181. The minimum absolute atomic E-state index is 0.181. The molecule has 0 fully saturated rings. The highest BCUT2D eigenvalue weighted by Crippen LogP contribution is 2.01. The molecule has 0 aliphatic carbocycles. The van der Waals surface area contributed by atoms with Crippen LogP contribution in [0.15, 0.2) is 12.3 Å². The van der Waals surface area contributed by atoms with Gasteiger partial charge in [-0.15, -0.1) is 0 Å². The van der Waals surface area contributed by atoms with Gasteiger partial charge >= 0.3 is 6.03 Å². The molecule has 3 N–H and O–H groups in total. The maximum absolute atomic E-state index is 10.7. The fourth-order valence-corrected chi connectivity index (χ4v) is 0.743. The lowest BCUT2D eigenvalue weighted by molar-refractivity contribution is 0.229. The second-order valence-corrected chi connectivity index (χ2v) is 2.38. The van der Waals surface area contributed by atoms with Gasteiger partial charge in [-0.1, -0.05) is 0 Å². The largest absolute Gasteiger partial charge is 0.320 e. The summed E-state index contributed by atoms with van der Waals surface area (Å²) in [6.07, 6.45) is 3.46. The van der Waals surface area contributed by atoms with Gasteiger partial charge in [0.15, 0.2) is 0 Å². The Morgan fingerprint density at radius 2 is 2.40 bits per heavy atom. The summed E-state index contributed by atoms with van der Waals surface area (Å²) in [5.74, 6) is 0. The number of rotatable bonds is 1. The Morgan fingerprint density at radius 3 is 2.80 bits per heavy atom. The first-order valence-corrected chi connectivity index (χ1v) is 3.11. The summed E-state index contributed by atoms with van der Waals surface area (Å²) in [5.41, 5.74) is -0.400. The molecular weight excluding hydrogens is 130 g/mol. The van der Waals surface area contributed by atoms with Crippen molar-refractivity contribution in [3.05, 3.63) is 12.3 Å². The SMILES string of the molecule is CNC1(C)C=CNC(=O)N1. The zero-order valence-electron chi connectivity index (χ0n) is 6.06. The molecule has 1 atom stereocenters. The summed E-state index contributed by atoms with van der Waals surface area (Å²) in [5, 5.41) is 8.15. The quantitative estimate of drug-likeness (QED) is 0.471. The lowest BCUT2D eigenvalue weighted by atomic mass is 10.2. The fourth-order valence-electron chi connectivity index (χ4n) is 0.743. The number of nitrogens with one attached hydrogen (secondary N) is 3. The molecule has 0 aromatic heterocycles. The monoisotopic (exact) mass is 141 g/mol. The van der Waals surface area contributed by atoms with E-state index in [0.717, 1.165) is 0 Å². The van der Waals surface area contributed by atoms with Crippen LogP contribution in [0.2, 0.25) is 0 Å². The Morgan fingerprint density at radius 1 is 1.70 bits per heavy atom. The molecule has 0 aromatic rings. The van der Waals surface area contributed by atoms with Crippen molar-refractivity contribution in [3.8, 4) is 0 Å². The van der Waals surface area contributed by atoms with E-state index in [0.29, 0.717) is 0 Å². The highest BCUT2D eigenvalue weighted by Gasteiger charge is 2.22. The molecule has 0 aromatic carbocycles. The number of carbonyl (C=O) groups excluding carboxylic acids is 1. The molecule has 1 rings (SSSR count). The van der Waals surface area contributed by atoms with E-state index in [2.05, 4.69) is 16.0 Å². The molecule has 1 heterocycles. The Hall–Kier alpha value is -1.03. The van der Waals surface area contributed by atoms with Gasteiger partial charge in [-0.2, -0.15) is 0 Å². The third-order valence-corrected chi connectivity index (χ3v) is 1.52. The third-order valence-electron chi connectivity index (χ3n) is 1.52. The number of hydrogen-bond acceptors (Lipinski definition) is 2. The average Bonchev–Trinajstić information content (AvgIpc) is 1.88. The van der Waals surface area contributed by atoms with E-state index < -0.39 is 5.66 Å². The van der Waals surface area contributed by atoms with Gasteiger partial charge in [0.05, 0.1) is 0 Å². The van der Waals surface area contributed by atoms with Crippen LogP contribution in [0.4, 0.5) is 4.79 Å². The van der Waals surface area contributed by atoms with E-state index in [1.54, 1.807) is 13.2 Å². The van der Waals surface area contributed by atoms with Crippen LogP contribution in [0.3, 0.4) is 0 Å². The molecular formula is C6H11N3O. The zero-order valence-corrected chi connectivity index (χ0v) is 6.06. The van der Waals surface area contributed by atoms with E-state index in [-0.39, 0.29) is 6.03 Å². The van der Waals surface area contributed by atoms with Crippen molar-refractivity contribution in [3.63, 3.8) is 0 Å². The molecule has 4 nitrogen and oxygen atoms in total. The van der Waals surface area contributed by atoms with E-state index >= 15 is 0 Å². The highest BCUT2D eigenvalue weighted by atomic mass is 16.2. The zero-order chi connectivity index (χ0) is 7.61. The van der Waals surface area contributed by atoms with Crippen LogP contribution in [0.1, 0.15) is 6.92 Å². The van der Waals surface area contributed by atoms with Crippen LogP contribution in [0.25, 0.3) is 0 Å². The van der Waals surface area contributed by atoms with Gasteiger partial charge in [0, 0.05) is 6.20 Å². The molecule has 0 saturated heterocycles. The molecule has 1 unspecified atom stereocenters. The van der Waals surface area contributed by atoms with Gasteiger partial charge in [-0.05, 0) is 20.0 Å². The maximum Gasteiger partial charge on any atom is 0.320 e. The lowest BCUT2D eigenvalue weighted by Gasteiger charge is -2.29. The summed E-state index contributed by atoms with van der Waals surface area (Å²) < 4.78 is 0. The van der Waals surface area contributed by atoms with E-state index in [4.69, 9.17) is 0 Å². The van der Waals surface area contributed by atoms with Gasteiger partial charge in [0.2, 0.25) is 0 Å². The second kappa shape index (κ2) is 2.30. The first-order valence-electron chi connectivity index (χ1n) is 3.11. The smallest absolute Gasteiger partial charge is 0.316 e. The van der Waals surface area contributed by atoms with Crippen LogP contribution >= 0.6 is 0 Å². The third kappa shape index (κ3) is 1.27. The number of likely N-dealkylation sites (N-methyl/N-ethyl adjacent to an activating group) is 1. The molecule has 2 amide bonds. The molecule has 1 aliphatic rings. The van der Waals surface area contributed by atoms with E-state index in [1.807, 2.05) is 13.0 Å². The normalized spacial score (nSPS) is 31.2. The minimum atomic E-state index is -0.400. The summed E-state index contributed by atoms with van der Waals surface area (Å²) >= 11 is 0. The molecule has 0 saturated carbocycles. The molecule has 0 spiro atoms. The van der Waals surface area contributed by atoms with Crippen molar-refractivity contribution in [1.82, 2.24) is 16.0 Å². The first kappa shape index (κ1) is 7.08. The Labute approximate surface area is 59.7 Å². The number of carbonyl (C=O) groups is 1. The summed E-state index contributed by atoms with van der Waals surface area (Å²) in [4.78, 5) is 10.7. The highest BCUT2D eigenvalue weighted by molar-refractivity contribution is 5.77. The predicted molar refractivity (Wildman–Crippen MR) is 38.3 cm³/mol. The summed E-state index contributed by atoms with van der Waals surface area (Å²) in [7, 11) is 1.79. The van der Waals surface area contributed by atoms with Crippen molar-refractivity contribution in [2.24, 2.45) is 0 Å². The van der Waals surface area contributed by atoms with E-state index in [9.17, 15) is 4.79 Å². The molecule has 10 heavy (non-hydrogen) atoms. The van der Waals surface area contributed by atoms with Gasteiger partial charge in [0.1, 0.15) is 5.66 Å². The molecule has 4 heteroatoms. The average molecular weight is 141 g/mol. The van der Waals surface area contributed by atoms with Crippen molar-refractivity contribution in [2.45, 2.75) is 12.6 Å². The van der Waals surface area contributed by atoms with Gasteiger partial charge in [0.25, 0.3) is 0 Å². The molecule has 56 valence electrons. The van der Waals surface area contributed by atoms with Gasteiger partial charge in [-0.25, -0.2) is 4.79 Å². The van der Waals surface area contributed by atoms with Crippen LogP contribution in [-0.2, 0) is 0 Å². The van der Waals surface area contributed by atoms with Crippen molar-refractivity contribution in [1.29, 1.82) is 0 Å². The van der Waals surface area contributed by atoms with Gasteiger partial charge in [-0.3, -0.25) is 5.32 Å². The van der Waals surface area contributed by atoms with Crippen LogP contribution in [0, 0.1) is 0 Å². The Balaban J connectivity index is 2.71. The van der Waals surface area contributed by atoms with Crippen molar-refractivity contribution < 1.29 is 4.79 Å². The molecule has 0 bridgehead atoms. The number of hydrogen-bond donors (Lipinski definition) is 3. The van der Waals surface area contributed by atoms with Crippen molar-refractivity contribution >= 4 is 6.03 Å². The van der Waals surface area contributed by atoms with E-state index in [1.165, 1.54) is 0 Å². The number of amides is 2. The maximum atomic E-state index is 10.7. The van der Waals surface area contributed by atoms with Crippen LogP contribution in [-0.4, -0.2) is 18.7 Å². The topological polar surface area (TPSA) is 53.2 Å².